The lowest BCUT2D eigenvalue weighted by atomic mass is 9.76. The van der Waals surface area contributed by atoms with Gasteiger partial charge in [0, 0.05) is 35.9 Å². The minimum atomic E-state index is -0.0467. The largest absolute Gasteiger partial charge is 0.497 e. The fraction of sp³-hybridized carbons (Fsp3) is 0.368. The molecular formula is C19H22N2O3. The van der Waals surface area contributed by atoms with Crippen molar-refractivity contribution >= 4 is 17.3 Å². The average molecular weight is 326 g/mol. The van der Waals surface area contributed by atoms with E-state index in [-0.39, 0.29) is 11.2 Å². The van der Waals surface area contributed by atoms with Crippen LogP contribution in [0.4, 0.5) is 11.5 Å². The highest BCUT2D eigenvalue weighted by molar-refractivity contribution is 5.98. The Bertz CT molecular complexity index is 762. The Labute approximate surface area is 142 Å². The fourth-order valence-electron chi connectivity index (χ4n) is 3.03. The van der Waals surface area contributed by atoms with Gasteiger partial charge in [-0.3, -0.25) is 4.79 Å². The van der Waals surface area contributed by atoms with Gasteiger partial charge in [-0.1, -0.05) is 13.8 Å². The van der Waals surface area contributed by atoms with E-state index in [0.717, 1.165) is 23.4 Å². The predicted molar refractivity (Wildman–Crippen MR) is 93.5 cm³/mol. The van der Waals surface area contributed by atoms with Crippen LogP contribution in [0.1, 0.15) is 36.3 Å². The second-order valence-electron chi connectivity index (χ2n) is 6.86. The van der Waals surface area contributed by atoms with Crippen molar-refractivity contribution in [3.05, 3.63) is 41.6 Å². The molecule has 5 nitrogen and oxygen atoms in total. The molecule has 0 saturated carbocycles. The zero-order chi connectivity index (χ0) is 17.3. The molecule has 0 fully saturated rings. The Morgan fingerprint density at radius 1 is 1.04 bits per heavy atom. The first-order valence-electron chi connectivity index (χ1n) is 7.93. The van der Waals surface area contributed by atoms with Crippen molar-refractivity contribution in [3.63, 3.8) is 0 Å². The summed E-state index contributed by atoms with van der Waals surface area (Å²) in [6.45, 7) is 4.20. The van der Waals surface area contributed by atoms with E-state index in [0.29, 0.717) is 23.7 Å². The highest BCUT2D eigenvalue weighted by Gasteiger charge is 2.31. The van der Waals surface area contributed by atoms with E-state index in [9.17, 15) is 4.79 Å². The third-order valence-electron chi connectivity index (χ3n) is 4.18. The second kappa shape index (κ2) is 6.15. The van der Waals surface area contributed by atoms with Crippen molar-refractivity contribution < 1.29 is 14.3 Å². The van der Waals surface area contributed by atoms with Gasteiger partial charge in [-0.2, -0.15) is 0 Å². The van der Waals surface area contributed by atoms with E-state index >= 15 is 0 Å². The highest BCUT2D eigenvalue weighted by atomic mass is 16.5. The summed E-state index contributed by atoms with van der Waals surface area (Å²) in [5.74, 6) is 2.27. The molecule has 0 radical (unpaired) electrons. The highest BCUT2D eigenvalue weighted by Crippen LogP contribution is 2.35. The molecule has 0 aliphatic heterocycles. The van der Waals surface area contributed by atoms with Gasteiger partial charge in [-0.15, -0.1) is 0 Å². The number of nitrogens with one attached hydrogen (secondary N) is 1. The van der Waals surface area contributed by atoms with E-state index in [4.69, 9.17) is 9.47 Å². The van der Waals surface area contributed by atoms with Gasteiger partial charge in [-0.05, 0) is 24.0 Å². The monoisotopic (exact) mass is 326 g/mol. The number of ether oxygens (including phenoxy) is 2. The summed E-state index contributed by atoms with van der Waals surface area (Å²) >= 11 is 0. The molecular weight excluding hydrogens is 304 g/mol. The van der Waals surface area contributed by atoms with Crippen LogP contribution < -0.4 is 14.8 Å². The number of rotatable bonds is 4. The van der Waals surface area contributed by atoms with Gasteiger partial charge >= 0.3 is 0 Å². The van der Waals surface area contributed by atoms with Crippen LogP contribution in [0, 0.1) is 5.41 Å². The lowest BCUT2D eigenvalue weighted by molar-refractivity contribution is 0.0910. The Morgan fingerprint density at radius 3 is 2.33 bits per heavy atom. The predicted octanol–water partition coefficient (Wildman–Crippen LogP) is 4.00. The van der Waals surface area contributed by atoms with Gasteiger partial charge in [0.15, 0.2) is 5.78 Å². The normalized spacial score (nSPS) is 15.6. The Hall–Kier alpha value is -2.56. The zero-order valence-electron chi connectivity index (χ0n) is 14.5. The standard InChI is InChI=1S/C19H22N2O3/c1-19(2)10-16-15(17(22)11-19)5-6-18(21-16)20-12-7-13(23-3)9-14(8-12)24-4/h5-9H,10-11H2,1-4H3,(H,20,21). The number of aromatic nitrogens is 1. The van der Waals surface area contributed by atoms with Gasteiger partial charge < -0.3 is 14.8 Å². The van der Waals surface area contributed by atoms with E-state index in [1.54, 1.807) is 14.2 Å². The molecule has 24 heavy (non-hydrogen) atoms. The van der Waals surface area contributed by atoms with Gasteiger partial charge in [-0.25, -0.2) is 4.98 Å². The first-order valence-corrected chi connectivity index (χ1v) is 7.93. The lowest BCUT2D eigenvalue weighted by Crippen LogP contribution is -2.27. The number of Topliss-reactive ketones (excluding diaryl/α,β-unsaturated/α-hetero) is 1. The topological polar surface area (TPSA) is 60.5 Å². The maximum atomic E-state index is 12.2. The summed E-state index contributed by atoms with van der Waals surface area (Å²) in [6.07, 6.45) is 1.37. The van der Waals surface area contributed by atoms with E-state index < -0.39 is 0 Å². The van der Waals surface area contributed by atoms with Gasteiger partial charge in [0.2, 0.25) is 0 Å². The lowest BCUT2D eigenvalue weighted by Gasteiger charge is -2.29. The second-order valence-corrected chi connectivity index (χ2v) is 6.86. The quantitative estimate of drug-likeness (QED) is 0.920. The molecule has 1 aliphatic carbocycles. The van der Waals surface area contributed by atoms with Crippen LogP contribution in [0.5, 0.6) is 11.5 Å². The molecule has 0 spiro atoms. The van der Waals surface area contributed by atoms with Crippen molar-refractivity contribution in [2.24, 2.45) is 5.41 Å². The summed E-state index contributed by atoms with van der Waals surface area (Å²) in [5, 5.41) is 3.26. The fourth-order valence-corrected chi connectivity index (χ4v) is 3.03. The van der Waals surface area contributed by atoms with Crippen LogP contribution in [0.3, 0.4) is 0 Å². The molecule has 0 unspecified atom stereocenters. The molecule has 1 N–H and O–H groups in total. The molecule has 1 aromatic heterocycles. The molecule has 5 heteroatoms. The summed E-state index contributed by atoms with van der Waals surface area (Å²) < 4.78 is 10.6. The molecule has 0 amide bonds. The number of methoxy groups -OCH3 is 2. The summed E-state index contributed by atoms with van der Waals surface area (Å²) in [5.41, 5.74) is 2.37. The van der Waals surface area contributed by atoms with Crippen molar-refractivity contribution in [1.29, 1.82) is 0 Å². The molecule has 0 atom stereocenters. The SMILES string of the molecule is COc1cc(Nc2ccc3c(n2)CC(C)(C)CC3=O)cc(OC)c1. The Kier molecular flexibility index (Phi) is 4.18. The van der Waals surface area contributed by atoms with Crippen LogP contribution in [0.2, 0.25) is 0 Å². The molecule has 126 valence electrons. The number of anilines is 2. The van der Waals surface area contributed by atoms with E-state index in [1.165, 1.54) is 0 Å². The third-order valence-corrected chi connectivity index (χ3v) is 4.18. The third kappa shape index (κ3) is 3.35. The zero-order valence-corrected chi connectivity index (χ0v) is 14.5. The Morgan fingerprint density at radius 2 is 1.71 bits per heavy atom. The first kappa shape index (κ1) is 16.3. The number of ketones is 1. The molecule has 1 aromatic carbocycles. The number of hydrogen-bond donors (Lipinski definition) is 1. The molecule has 3 rings (SSSR count). The molecule has 1 heterocycles. The number of pyridine rings is 1. The summed E-state index contributed by atoms with van der Waals surface area (Å²) in [7, 11) is 3.23. The molecule has 2 aromatic rings. The van der Waals surface area contributed by atoms with Crippen LogP contribution >= 0.6 is 0 Å². The van der Waals surface area contributed by atoms with Crippen molar-refractivity contribution in [1.82, 2.24) is 4.98 Å². The van der Waals surface area contributed by atoms with Crippen LogP contribution in [0.25, 0.3) is 0 Å². The van der Waals surface area contributed by atoms with Crippen molar-refractivity contribution in [2.75, 3.05) is 19.5 Å². The van der Waals surface area contributed by atoms with E-state index in [2.05, 4.69) is 24.1 Å². The number of hydrogen-bond acceptors (Lipinski definition) is 5. The Balaban J connectivity index is 1.91. The summed E-state index contributed by atoms with van der Waals surface area (Å²) in [6, 6.07) is 9.25. The number of carbonyl (C=O) groups excluding carboxylic acids is 1. The molecule has 1 aliphatic rings. The van der Waals surface area contributed by atoms with Crippen molar-refractivity contribution in [2.45, 2.75) is 26.7 Å². The maximum Gasteiger partial charge on any atom is 0.165 e. The van der Waals surface area contributed by atoms with Gasteiger partial charge in [0.25, 0.3) is 0 Å². The van der Waals surface area contributed by atoms with Crippen LogP contribution in [-0.4, -0.2) is 25.0 Å². The number of benzene rings is 1. The smallest absolute Gasteiger partial charge is 0.165 e. The van der Waals surface area contributed by atoms with E-state index in [1.807, 2.05) is 30.3 Å². The van der Waals surface area contributed by atoms with Crippen LogP contribution in [-0.2, 0) is 6.42 Å². The summed E-state index contributed by atoms with van der Waals surface area (Å²) in [4.78, 5) is 16.9. The number of carbonyl (C=O) groups is 1. The average Bonchev–Trinajstić information content (AvgIpc) is 2.52. The van der Waals surface area contributed by atoms with Crippen LogP contribution in [0.15, 0.2) is 30.3 Å². The minimum Gasteiger partial charge on any atom is -0.497 e. The number of fused-ring (bicyclic) bond motifs is 1. The molecule has 0 saturated heterocycles. The maximum absolute atomic E-state index is 12.2. The van der Waals surface area contributed by atoms with Crippen molar-refractivity contribution in [3.8, 4) is 11.5 Å². The molecule has 0 bridgehead atoms. The number of nitrogens with zero attached hydrogens (tertiary/aromatic N) is 1. The van der Waals surface area contributed by atoms with Gasteiger partial charge in [0.05, 0.1) is 19.9 Å². The first-order chi connectivity index (χ1) is 11.4. The van der Waals surface area contributed by atoms with Gasteiger partial charge in [0.1, 0.15) is 17.3 Å². The minimum absolute atomic E-state index is 0.0467.